The molecule has 0 aliphatic rings. The average molecular weight is 270 g/mol. The molecule has 0 heterocycles. The number of anilines is 2. The van der Waals surface area contributed by atoms with E-state index in [4.69, 9.17) is 11.5 Å². The van der Waals surface area contributed by atoms with Crippen molar-refractivity contribution < 1.29 is 4.57 Å². The third-order valence-electron chi connectivity index (χ3n) is 3.18. The highest BCUT2D eigenvalue weighted by Crippen LogP contribution is 2.47. The molecule has 0 aliphatic heterocycles. The van der Waals surface area contributed by atoms with Crippen LogP contribution in [0, 0.1) is 0 Å². The number of rotatable bonds is 4. The summed E-state index contributed by atoms with van der Waals surface area (Å²) >= 11 is 0. The predicted molar refractivity (Wildman–Crippen MR) is 80.3 cm³/mol. The van der Waals surface area contributed by atoms with Crippen LogP contribution in [0.4, 0.5) is 11.4 Å². The fourth-order valence-corrected chi connectivity index (χ4v) is 2.87. The van der Waals surface area contributed by atoms with Crippen molar-refractivity contribution in [3.8, 4) is 0 Å². The van der Waals surface area contributed by atoms with Crippen molar-refractivity contribution in [2.45, 2.75) is 5.16 Å². The molecule has 96 valence electrons. The maximum Gasteiger partial charge on any atom is 0.176 e. The quantitative estimate of drug-likeness (QED) is 0.507. The normalized spacial score (nSPS) is 11.4. The largest absolute Gasteiger partial charge is 0.398 e. The monoisotopic (exact) mass is 270 g/mol. The van der Waals surface area contributed by atoms with Gasteiger partial charge in [-0.2, -0.15) is 0 Å². The number of hydrogen-bond donors (Lipinski definition) is 2. The molecule has 2 aromatic rings. The maximum absolute atomic E-state index is 11.9. The molecule has 0 fully saturated rings. The molecule has 0 amide bonds. The van der Waals surface area contributed by atoms with Gasteiger partial charge in [0.05, 0.1) is 0 Å². The minimum Gasteiger partial charge on any atom is -0.398 e. The molecule has 0 radical (unpaired) electrons. The van der Waals surface area contributed by atoms with Crippen LogP contribution in [0.25, 0.3) is 0 Å². The van der Waals surface area contributed by atoms with Crippen LogP contribution in [-0.4, -0.2) is 0 Å². The molecular weight excluding hydrogens is 255 g/mol. The molecule has 0 aromatic heterocycles. The van der Waals surface area contributed by atoms with Crippen LogP contribution in [0.2, 0.25) is 0 Å². The highest BCUT2D eigenvalue weighted by atomic mass is 31.1. The summed E-state index contributed by atoms with van der Waals surface area (Å²) in [6, 6.07) is 14.6. The Balaban J connectivity index is 2.76. The van der Waals surface area contributed by atoms with Crippen molar-refractivity contribution in [2.75, 3.05) is 11.5 Å². The summed E-state index contributed by atoms with van der Waals surface area (Å²) in [5.74, 6) is 0. The standard InChI is InChI=1S/C15H15N2OP/c1-2-15(19-18,11-7-3-5-9-13(11)16)12-8-4-6-10-14(12)17/h2-10H,1,16-17H2. The van der Waals surface area contributed by atoms with Crippen LogP contribution in [-0.2, 0) is 9.72 Å². The van der Waals surface area contributed by atoms with E-state index < -0.39 is 5.16 Å². The van der Waals surface area contributed by atoms with Crippen molar-refractivity contribution in [1.82, 2.24) is 0 Å². The van der Waals surface area contributed by atoms with Gasteiger partial charge in [-0.15, -0.1) is 6.58 Å². The van der Waals surface area contributed by atoms with E-state index in [-0.39, 0.29) is 8.46 Å². The Hall–Kier alpha value is -2.12. The second kappa shape index (κ2) is 5.25. The first-order valence-electron chi connectivity index (χ1n) is 5.84. The van der Waals surface area contributed by atoms with Gasteiger partial charge < -0.3 is 11.5 Å². The van der Waals surface area contributed by atoms with Crippen molar-refractivity contribution >= 4 is 19.8 Å². The molecule has 0 aliphatic carbocycles. The van der Waals surface area contributed by atoms with Crippen LogP contribution in [0.3, 0.4) is 0 Å². The SMILES string of the molecule is C=CC(P=O)(c1ccccc1N)c1ccccc1N. The number of nitrogen functional groups attached to an aromatic ring is 2. The lowest BCUT2D eigenvalue weighted by Gasteiger charge is -2.26. The number of nitrogens with two attached hydrogens (primary N) is 2. The summed E-state index contributed by atoms with van der Waals surface area (Å²) in [4.78, 5) is 0. The van der Waals surface area contributed by atoms with Crippen LogP contribution < -0.4 is 11.5 Å². The lowest BCUT2D eigenvalue weighted by Crippen LogP contribution is -2.20. The molecule has 2 rings (SSSR count). The van der Waals surface area contributed by atoms with Crippen LogP contribution >= 0.6 is 8.46 Å². The maximum atomic E-state index is 11.9. The number of allylic oxidation sites excluding steroid dienone is 1. The second-order valence-electron chi connectivity index (χ2n) is 4.24. The summed E-state index contributed by atoms with van der Waals surface area (Å²) in [5.41, 5.74) is 14.6. The summed E-state index contributed by atoms with van der Waals surface area (Å²) in [6.45, 7) is 3.82. The molecule has 0 atom stereocenters. The highest BCUT2D eigenvalue weighted by molar-refractivity contribution is 7.26. The third kappa shape index (κ3) is 2.13. The van der Waals surface area contributed by atoms with Gasteiger partial charge in [0.1, 0.15) is 5.16 Å². The van der Waals surface area contributed by atoms with E-state index in [1.807, 2.05) is 36.4 Å². The molecule has 19 heavy (non-hydrogen) atoms. The molecule has 0 saturated heterocycles. The zero-order chi connectivity index (χ0) is 13.9. The highest BCUT2D eigenvalue weighted by Gasteiger charge is 2.35. The van der Waals surface area contributed by atoms with E-state index in [2.05, 4.69) is 6.58 Å². The van der Waals surface area contributed by atoms with Crippen molar-refractivity contribution in [3.63, 3.8) is 0 Å². The molecule has 0 saturated carbocycles. The Kier molecular flexibility index (Phi) is 3.68. The van der Waals surface area contributed by atoms with E-state index in [1.54, 1.807) is 18.2 Å². The topological polar surface area (TPSA) is 69.1 Å². The molecular formula is C15H15N2OP. The van der Waals surface area contributed by atoms with Gasteiger partial charge in [0.15, 0.2) is 8.46 Å². The summed E-state index contributed by atoms with van der Waals surface area (Å²) in [5, 5.41) is -0.920. The van der Waals surface area contributed by atoms with Crippen LogP contribution in [0.15, 0.2) is 61.2 Å². The van der Waals surface area contributed by atoms with Gasteiger partial charge in [-0.05, 0) is 12.1 Å². The van der Waals surface area contributed by atoms with Gasteiger partial charge in [-0.3, -0.25) is 4.57 Å². The smallest absolute Gasteiger partial charge is 0.176 e. The van der Waals surface area contributed by atoms with Crippen molar-refractivity contribution in [2.24, 2.45) is 0 Å². The number of hydrogen-bond acceptors (Lipinski definition) is 3. The van der Waals surface area contributed by atoms with E-state index in [0.29, 0.717) is 11.4 Å². The Morgan fingerprint density at radius 3 is 1.68 bits per heavy atom. The predicted octanol–water partition coefficient (Wildman–Crippen LogP) is 3.57. The van der Waals surface area contributed by atoms with Gasteiger partial charge in [0.2, 0.25) is 0 Å². The fourth-order valence-electron chi connectivity index (χ4n) is 2.19. The zero-order valence-corrected chi connectivity index (χ0v) is 11.3. The van der Waals surface area contributed by atoms with Crippen molar-refractivity contribution in [1.29, 1.82) is 0 Å². The summed E-state index contributed by atoms with van der Waals surface area (Å²) < 4.78 is 11.9. The average Bonchev–Trinajstić information content (AvgIpc) is 2.44. The first-order chi connectivity index (χ1) is 9.15. The van der Waals surface area contributed by atoms with E-state index >= 15 is 0 Å². The Labute approximate surface area is 114 Å². The van der Waals surface area contributed by atoms with Gasteiger partial charge in [-0.1, -0.05) is 42.5 Å². The Bertz CT molecular complexity index is 570. The summed E-state index contributed by atoms with van der Waals surface area (Å²) in [7, 11) is -0.119. The van der Waals surface area contributed by atoms with Crippen molar-refractivity contribution in [3.05, 3.63) is 72.3 Å². The molecule has 2 aromatic carbocycles. The lowest BCUT2D eigenvalue weighted by molar-refractivity contribution is 0.588. The first kappa shape index (κ1) is 13.3. The number of para-hydroxylation sites is 2. The van der Waals surface area contributed by atoms with Crippen LogP contribution in [0.1, 0.15) is 11.1 Å². The van der Waals surface area contributed by atoms with E-state index in [0.717, 1.165) is 11.1 Å². The molecule has 0 spiro atoms. The molecule has 3 nitrogen and oxygen atoms in total. The Morgan fingerprint density at radius 2 is 1.37 bits per heavy atom. The number of benzene rings is 2. The molecule has 0 unspecified atom stereocenters. The lowest BCUT2D eigenvalue weighted by atomic mass is 9.88. The first-order valence-corrected chi connectivity index (χ1v) is 6.65. The van der Waals surface area contributed by atoms with Gasteiger partial charge >= 0.3 is 0 Å². The van der Waals surface area contributed by atoms with E-state index in [1.165, 1.54) is 0 Å². The summed E-state index contributed by atoms with van der Waals surface area (Å²) in [6.07, 6.45) is 1.62. The van der Waals surface area contributed by atoms with Gasteiger partial charge in [0.25, 0.3) is 0 Å². The van der Waals surface area contributed by atoms with Gasteiger partial charge in [0, 0.05) is 22.5 Å². The molecule has 4 N–H and O–H groups in total. The van der Waals surface area contributed by atoms with E-state index in [9.17, 15) is 4.57 Å². The molecule has 4 heteroatoms. The van der Waals surface area contributed by atoms with Crippen LogP contribution in [0.5, 0.6) is 0 Å². The second-order valence-corrected chi connectivity index (χ2v) is 5.12. The zero-order valence-electron chi connectivity index (χ0n) is 10.4. The molecule has 0 bridgehead atoms. The third-order valence-corrected chi connectivity index (χ3v) is 4.13. The minimum absolute atomic E-state index is 0.119. The van der Waals surface area contributed by atoms with Gasteiger partial charge in [-0.25, -0.2) is 0 Å². The Morgan fingerprint density at radius 1 is 0.947 bits per heavy atom. The minimum atomic E-state index is -0.920. The fraction of sp³-hybridized carbons (Fsp3) is 0.0667.